The van der Waals surface area contributed by atoms with Gasteiger partial charge in [-0.25, -0.2) is 0 Å². The van der Waals surface area contributed by atoms with E-state index in [9.17, 15) is 14.4 Å². The van der Waals surface area contributed by atoms with Crippen LogP contribution in [0.15, 0.2) is 42.5 Å². The maximum atomic E-state index is 13.3. The molecule has 0 radical (unpaired) electrons. The molecule has 0 saturated heterocycles. The number of rotatable bonds is 5. The number of hydrogen-bond acceptors (Lipinski definition) is 4. The number of anilines is 1. The number of benzene rings is 2. The summed E-state index contributed by atoms with van der Waals surface area (Å²) in [6.07, 6.45) is 0. The molecule has 29 heavy (non-hydrogen) atoms. The normalized spacial score (nSPS) is 11.0. The van der Waals surface area contributed by atoms with Gasteiger partial charge in [-0.1, -0.05) is 35.3 Å². The largest absolute Gasteiger partial charge is 0.459 e. The highest BCUT2D eigenvalue weighted by atomic mass is 35.5. The molecule has 2 rings (SSSR count). The van der Waals surface area contributed by atoms with Crippen molar-refractivity contribution >= 4 is 46.7 Å². The van der Waals surface area contributed by atoms with Crippen molar-refractivity contribution in [3.05, 3.63) is 63.6 Å². The Balaban J connectivity index is 2.50. The summed E-state index contributed by atoms with van der Waals surface area (Å²) in [7, 11) is 1.50. The Morgan fingerprint density at radius 2 is 1.62 bits per heavy atom. The van der Waals surface area contributed by atoms with Crippen LogP contribution in [0.5, 0.6) is 0 Å². The molecular formula is C21H22Cl2N2O4. The molecule has 0 heterocycles. The molecule has 2 amide bonds. The Labute approximate surface area is 179 Å². The van der Waals surface area contributed by atoms with E-state index in [-0.39, 0.29) is 28.1 Å². The van der Waals surface area contributed by atoms with E-state index in [0.29, 0.717) is 11.3 Å². The topological polar surface area (TPSA) is 75.7 Å². The van der Waals surface area contributed by atoms with E-state index in [1.54, 1.807) is 45.0 Å². The standard InChI is InChI=1S/C21H22Cl2N2O4/c1-21(2,3)29-17(26)12-25(14-8-5-7-13(11-14)19(27)24-4)20(28)18-15(22)9-6-10-16(18)23/h5-11H,12H2,1-4H3,(H,24,27). The van der Waals surface area contributed by atoms with Crippen LogP contribution in [-0.4, -0.2) is 37.0 Å². The van der Waals surface area contributed by atoms with Crippen molar-refractivity contribution in [3.63, 3.8) is 0 Å². The van der Waals surface area contributed by atoms with Gasteiger partial charge in [0.15, 0.2) is 0 Å². The molecule has 0 aromatic heterocycles. The third kappa shape index (κ3) is 5.95. The lowest BCUT2D eigenvalue weighted by Gasteiger charge is -2.26. The maximum Gasteiger partial charge on any atom is 0.326 e. The number of amides is 2. The van der Waals surface area contributed by atoms with E-state index in [1.807, 2.05) is 0 Å². The number of esters is 1. The first-order valence-electron chi connectivity index (χ1n) is 8.83. The van der Waals surface area contributed by atoms with E-state index < -0.39 is 17.5 Å². The predicted molar refractivity (Wildman–Crippen MR) is 114 cm³/mol. The molecule has 0 bridgehead atoms. The summed E-state index contributed by atoms with van der Waals surface area (Å²) in [5.74, 6) is -1.52. The zero-order valence-corrected chi connectivity index (χ0v) is 18.1. The zero-order valence-electron chi connectivity index (χ0n) is 16.6. The lowest BCUT2D eigenvalue weighted by molar-refractivity contribution is -0.152. The van der Waals surface area contributed by atoms with Gasteiger partial charge in [0, 0.05) is 18.3 Å². The second-order valence-corrected chi connectivity index (χ2v) is 8.02. The molecular weight excluding hydrogens is 415 g/mol. The van der Waals surface area contributed by atoms with Crippen molar-refractivity contribution in [2.24, 2.45) is 0 Å². The summed E-state index contributed by atoms with van der Waals surface area (Å²) >= 11 is 12.4. The van der Waals surface area contributed by atoms with E-state index in [1.165, 1.54) is 30.1 Å². The molecule has 0 aliphatic carbocycles. The van der Waals surface area contributed by atoms with Crippen molar-refractivity contribution in [1.29, 1.82) is 0 Å². The van der Waals surface area contributed by atoms with Crippen LogP contribution in [-0.2, 0) is 9.53 Å². The molecule has 8 heteroatoms. The second-order valence-electron chi connectivity index (χ2n) is 7.20. The van der Waals surface area contributed by atoms with Gasteiger partial charge in [0.1, 0.15) is 12.1 Å². The van der Waals surface area contributed by atoms with Crippen molar-refractivity contribution < 1.29 is 19.1 Å². The van der Waals surface area contributed by atoms with Gasteiger partial charge >= 0.3 is 5.97 Å². The Kier molecular flexibility index (Phi) is 7.27. The Morgan fingerprint density at radius 3 is 2.17 bits per heavy atom. The number of nitrogens with zero attached hydrogens (tertiary/aromatic N) is 1. The summed E-state index contributed by atoms with van der Waals surface area (Å²) in [4.78, 5) is 38.9. The summed E-state index contributed by atoms with van der Waals surface area (Å²) in [5, 5.41) is 2.83. The van der Waals surface area contributed by atoms with Crippen LogP contribution in [0.25, 0.3) is 0 Å². The van der Waals surface area contributed by atoms with E-state index in [0.717, 1.165) is 0 Å². The van der Waals surface area contributed by atoms with Gasteiger partial charge in [-0.3, -0.25) is 19.3 Å². The Bertz CT molecular complexity index is 918. The van der Waals surface area contributed by atoms with Crippen molar-refractivity contribution in [1.82, 2.24) is 5.32 Å². The molecule has 154 valence electrons. The summed E-state index contributed by atoms with van der Waals surface area (Å²) < 4.78 is 5.36. The first-order chi connectivity index (χ1) is 13.5. The maximum absolute atomic E-state index is 13.3. The van der Waals surface area contributed by atoms with Crippen LogP contribution in [0.1, 0.15) is 41.5 Å². The molecule has 0 aliphatic rings. The number of halogens is 2. The molecule has 0 fully saturated rings. The highest BCUT2D eigenvalue weighted by Gasteiger charge is 2.27. The molecule has 2 aromatic rings. The van der Waals surface area contributed by atoms with E-state index in [2.05, 4.69) is 5.32 Å². The first kappa shape index (κ1) is 22.7. The molecule has 1 N–H and O–H groups in total. The van der Waals surface area contributed by atoms with Crippen molar-refractivity contribution in [2.45, 2.75) is 26.4 Å². The summed E-state index contributed by atoms with van der Waals surface area (Å²) in [6, 6.07) is 11.0. The Morgan fingerprint density at radius 1 is 1.03 bits per heavy atom. The van der Waals surface area contributed by atoms with Crippen molar-refractivity contribution in [3.8, 4) is 0 Å². The number of ether oxygens (including phenoxy) is 1. The summed E-state index contributed by atoms with van der Waals surface area (Å²) in [6.45, 7) is 4.81. The fourth-order valence-corrected chi connectivity index (χ4v) is 3.14. The van der Waals surface area contributed by atoms with Crippen LogP contribution in [0.4, 0.5) is 5.69 Å². The quantitative estimate of drug-likeness (QED) is 0.707. The fraction of sp³-hybridized carbons (Fsp3) is 0.286. The molecule has 0 atom stereocenters. The highest BCUT2D eigenvalue weighted by Crippen LogP contribution is 2.28. The van der Waals surface area contributed by atoms with Crippen LogP contribution in [0.2, 0.25) is 10.0 Å². The molecule has 0 spiro atoms. The summed E-state index contributed by atoms with van der Waals surface area (Å²) in [5.41, 5.74) is -0.00227. The van der Waals surface area contributed by atoms with Gasteiger partial charge in [-0.15, -0.1) is 0 Å². The number of carbonyl (C=O) groups is 3. The molecule has 2 aromatic carbocycles. The monoisotopic (exact) mass is 436 g/mol. The minimum absolute atomic E-state index is 0.0599. The van der Waals surface area contributed by atoms with Gasteiger partial charge in [0.05, 0.1) is 15.6 Å². The van der Waals surface area contributed by atoms with Crippen LogP contribution >= 0.6 is 23.2 Å². The molecule has 0 unspecified atom stereocenters. The third-order valence-electron chi connectivity index (χ3n) is 3.78. The number of carbonyl (C=O) groups excluding carboxylic acids is 3. The smallest absolute Gasteiger partial charge is 0.326 e. The second kappa shape index (κ2) is 9.29. The Hall–Kier alpha value is -2.57. The average Bonchev–Trinajstić information content (AvgIpc) is 2.64. The van der Waals surface area contributed by atoms with Crippen LogP contribution in [0, 0.1) is 0 Å². The average molecular weight is 437 g/mol. The molecule has 0 aliphatic heterocycles. The van der Waals surface area contributed by atoms with Gasteiger partial charge < -0.3 is 10.1 Å². The lowest BCUT2D eigenvalue weighted by Crippen LogP contribution is -2.39. The van der Waals surface area contributed by atoms with Gasteiger partial charge in [0.25, 0.3) is 11.8 Å². The van der Waals surface area contributed by atoms with E-state index >= 15 is 0 Å². The number of hydrogen-bond donors (Lipinski definition) is 1. The predicted octanol–water partition coefficient (Wildman–Crippen LogP) is 4.34. The third-order valence-corrected chi connectivity index (χ3v) is 4.41. The lowest BCUT2D eigenvalue weighted by atomic mass is 10.1. The van der Waals surface area contributed by atoms with E-state index in [4.69, 9.17) is 27.9 Å². The van der Waals surface area contributed by atoms with Gasteiger partial charge in [0.2, 0.25) is 0 Å². The minimum Gasteiger partial charge on any atom is -0.459 e. The van der Waals surface area contributed by atoms with Gasteiger partial charge in [-0.2, -0.15) is 0 Å². The minimum atomic E-state index is -0.724. The fourth-order valence-electron chi connectivity index (χ4n) is 2.58. The van der Waals surface area contributed by atoms with Crippen LogP contribution < -0.4 is 10.2 Å². The van der Waals surface area contributed by atoms with Gasteiger partial charge in [-0.05, 0) is 51.1 Å². The first-order valence-corrected chi connectivity index (χ1v) is 9.59. The number of nitrogens with one attached hydrogen (secondary N) is 1. The molecule has 0 saturated carbocycles. The highest BCUT2D eigenvalue weighted by molar-refractivity contribution is 6.40. The van der Waals surface area contributed by atoms with Crippen molar-refractivity contribution in [2.75, 3.05) is 18.5 Å². The zero-order chi connectivity index (χ0) is 21.8. The SMILES string of the molecule is CNC(=O)c1cccc(N(CC(=O)OC(C)(C)C)C(=O)c2c(Cl)cccc2Cl)c1. The molecule has 6 nitrogen and oxygen atoms in total. The van der Waals surface area contributed by atoms with Crippen LogP contribution in [0.3, 0.4) is 0 Å².